The van der Waals surface area contributed by atoms with Crippen LogP contribution in [0.4, 0.5) is 0 Å². The molecule has 0 saturated heterocycles. The number of carbonyl (C=O) groups is 3. The zero-order valence-corrected chi connectivity index (χ0v) is 20.4. The van der Waals surface area contributed by atoms with E-state index in [4.69, 9.17) is 10.5 Å². The van der Waals surface area contributed by atoms with Crippen molar-refractivity contribution >= 4 is 17.8 Å². The van der Waals surface area contributed by atoms with Crippen LogP contribution in [-0.2, 0) is 27.2 Å². The van der Waals surface area contributed by atoms with Crippen molar-refractivity contribution in [3.63, 3.8) is 0 Å². The molecule has 3 unspecified atom stereocenters. The number of methoxy groups -OCH3 is 1. The molecule has 1 aliphatic rings. The second kappa shape index (κ2) is 10.8. The fourth-order valence-corrected chi connectivity index (χ4v) is 4.17. The summed E-state index contributed by atoms with van der Waals surface area (Å²) in [5.41, 5.74) is 9.31. The minimum atomic E-state index is -0.807. The SMILES string of the molecule is COC(=O)c1ccc(CC(NC(=O)C(N)C(C)(C)C)C(=O)NC2CCCc3ccccc32)cc1. The maximum atomic E-state index is 13.4. The molecule has 3 atom stereocenters. The number of ether oxygens (including phenoxy) is 1. The number of nitrogens with two attached hydrogens (primary N) is 1. The second-order valence-corrected chi connectivity index (χ2v) is 9.95. The van der Waals surface area contributed by atoms with Crippen molar-refractivity contribution in [1.82, 2.24) is 10.6 Å². The van der Waals surface area contributed by atoms with Gasteiger partial charge in [-0.2, -0.15) is 0 Å². The fourth-order valence-electron chi connectivity index (χ4n) is 4.17. The summed E-state index contributed by atoms with van der Waals surface area (Å²) < 4.78 is 4.75. The van der Waals surface area contributed by atoms with Crippen molar-refractivity contribution in [2.75, 3.05) is 7.11 Å². The highest BCUT2D eigenvalue weighted by molar-refractivity contribution is 5.91. The van der Waals surface area contributed by atoms with E-state index < -0.39 is 23.5 Å². The molecular weight excluding hydrogens is 430 g/mol. The third-order valence-electron chi connectivity index (χ3n) is 6.35. The summed E-state index contributed by atoms with van der Waals surface area (Å²) >= 11 is 0. The van der Waals surface area contributed by atoms with Gasteiger partial charge >= 0.3 is 5.97 Å². The third kappa shape index (κ3) is 6.23. The molecule has 182 valence electrons. The topological polar surface area (TPSA) is 111 Å². The van der Waals surface area contributed by atoms with E-state index in [1.54, 1.807) is 24.3 Å². The van der Waals surface area contributed by atoms with Gasteiger partial charge in [-0.1, -0.05) is 57.2 Å². The quantitative estimate of drug-likeness (QED) is 0.545. The highest BCUT2D eigenvalue weighted by Gasteiger charge is 2.32. The Morgan fingerprint density at radius 3 is 2.38 bits per heavy atom. The summed E-state index contributed by atoms with van der Waals surface area (Å²) in [6.45, 7) is 5.66. The fraction of sp³-hybridized carbons (Fsp3) is 0.444. The predicted molar refractivity (Wildman–Crippen MR) is 131 cm³/mol. The van der Waals surface area contributed by atoms with Crippen molar-refractivity contribution in [2.24, 2.45) is 11.1 Å². The number of aryl methyl sites for hydroxylation is 1. The Bertz CT molecular complexity index is 1030. The van der Waals surface area contributed by atoms with Crippen LogP contribution in [0.1, 0.15) is 66.7 Å². The molecular formula is C27H35N3O4. The van der Waals surface area contributed by atoms with Gasteiger partial charge in [0.15, 0.2) is 0 Å². The molecule has 0 saturated carbocycles. The number of nitrogens with one attached hydrogen (secondary N) is 2. The van der Waals surface area contributed by atoms with Gasteiger partial charge in [-0.05, 0) is 53.5 Å². The summed E-state index contributed by atoms with van der Waals surface area (Å²) in [7, 11) is 1.33. The van der Waals surface area contributed by atoms with Gasteiger partial charge in [-0.25, -0.2) is 4.79 Å². The summed E-state index contributed by atoms with van der Waals surface area (Å²) in [4.78, 5) is 38.0. The molecule has 1 aliphatic carbocycles. The third-order valence-corrected chi connectivity index (χ3v) is 6.35. The highest BCUT2D eigenvalue weighted by atomic mass is 16.5. The standard InChI is InChI=1S/C27H35N3O4/c1-27(2,3)23(28)25(32)30-22(16-17-12-14-19(15-13-17)26(33)34-4)24(31)29-21-11-7-9-18-8-5-6-10-20(18)21/h5-6,8,10,12-15,21-23H,7,9,11,16,28H2,1-4H3,(H,29,31)(H,30,32). The summed E-state index contributed by atoms with van der Waals surface area (Å²) in [5, 5.41) is 6.01. The first-order chi connectivity index (χ1) is 16.1. The molecule has 0 heterocycles. The first-order valence-corrected chi connectivity index (χ1v) is 11.7. The smallest absolute Gasteiger partial charge is 0.337 e. The first-order valence-electron chi connectivity index (χ1n) is 11.7. The van der Waals surface area contributed by atoms with E-state index in [1.165, 1.54) is 12.7 Å². The van der Waals surface area contributed by atoms with Crippen LogP contribution in [0.15, 0.2) is 48.5 Å². The van der Waals surface area contributed by atoms with Crippen molar-refractivity contribution in [3.05, 3.63) is 70.8 Å². The molecule has 2 aromatic carbocycles. The molecule has 0 spiro atoms. The molecule has 34 heavy (non-hydrogen) atoms. The molecule has 0 aliphatic heterocycles. The van der Waals surface area contributed by atoms with E-state index in [2.05, 4.69) is 16.7 Å². The molecule has 0 fully saturated rings. The van der Waals surface area contributed by atoms with Crippen molar-refractivity contribution in [1.29, 1.82) is 0 Å². The number of hydrogen-bond acceptors (Lipinski definition) is 5. The normalized spacial score (nSPS) is 17.1. The van der Waals surface area contributed by atoms with Crippen molar-refractivity contribution in [2.45, 2.75) is 64.6 Å². The predicted octanol–water partition coefficient (Wildman–Crippen LogP) is 3.07. The molecule has 0 radical (unpaired) electrons. The average Bonchev–Trinajstić information content (AvgIpc) is 2.82. The molecule has 7 nitrogen and oxygen atoms in total. The van der Waals surface area contributed by atoms with Gasteiger partial charge in [-0.3, -0.25) is 9.59 Å². The summed E-state index contributed by atoms with van der Waals surface area (Å²) in [5.74, 6) is -1.06. The monoisotopic (exact) mass is 465 g/mol. The van der Waals surface area contributed by atoms with Gasteiger partial charge in [-0.15, -0.1) is 0 Å². The van der Waals surface area contributed by atoms with E-state index in [0.717, 1.165) is 30.4 Å². The molecule has 7 heteroatoms. The van der Waals surface area contributed by atoms with Crippen LogP contribution >= 0.6 is 0 Å². The van der Waals surface area contributed by atoms with Gasteiger partial charge in [0, 0.05) is 6.42 Å². The van der Waals surface area contributed by atoms with Gasteiger partial charge in [0.2, 0.25) is 11.8 Å². The summed E-state index contributed by atoms with van der Waals surface area (Å²) in [6, 6.07) is 13.3. The van der Waals surface area contributed by atoms with Gasteiger partial charge < -0.3 is 21.1 Å². The lowest BCUT2D eigenvalue weighted by Gasteiger charge is -2.30. The molecule has 4 N–H and O–H groups in total. The maximum Gasteiger partial charge on any atom is 0.337 e. The zero-order valence-electron chi connectivity index (χ0n) is 20.4. The Morgan fingerprint density at radius 1 is 1.06 bits per heavy atom. The lowest BCUT2D eigenvalue weighted by atomic mass is 9.86. The number of esters is 1. The van der Waals surface area contributed by atoms with Crippen LogP contribution in [0.25, 0.3) is 0 Å². The number of amides is 2. The van der Waals surface area contributed by atoms with E-state index >= 15 is 0 Å². The number of carbonyl (C=O) groups excluding carboxylic acids is 3. The van der Waals surface area contributed by atoms with E-state index in [9.17, 15) is 14.4 Å². The molecule has 2 amide bonds. The van der Waals surface area contributed by atoms with Crippen LogP contribution < -0.4 is 16.4 Å². The van der Waals surface area contributed by atoms with Crippen LogP contribution in [0.3, 0.4) is 0 Å². The molecule has 2 aromatic rings. The van der Waals surface area contributed by atoms with E-state index in [-0.39, 0.29) is 24.3 Å². The van der Waals surface area contributed by atoms with Gasteiger partial charge in [0.05, 0.1) is 24.8 Å². The average molecular weight is 466 g/mol. The molecule has 3 rings (SSSR count). The zero-order chi connectivity index (χ0) is 24.9. The minimum absolute atomic E-state index is 0.102. The van der Waals surface area contributed by atoms with Crippen LogP contribution in [0.2, 0.25) is 0 Å². The Hall–Kier alpha value is -3.19. The Morgan fingerprint density at radius 2 is 1.74 bits per heavy atom. The minimum Gasteiger partial charge on any atom is -0.465 e. The number of benzene rings is 2. The lowest BCUT2D eigenvalue weighted by molar-refractivity contribution is -0.131. The van der Waals surface area contributed by atoms with E-state index in [0.29, 0.717) is 5.56 Å². The molecule has 0 aromatic heterocycles. The van der Waals surface area contributed by atoms with Crippen molar-refractivity contribution in [3.8, 4) is 0 Å². The lowest BCUT2D eigenvalue weighted by Crippen LogP contribution is -2.56. The maximum absolute atomic E-state index is 13.4. The second-order valence-electron chi connectivity index (χ2n) is 9.95. The molecule has 0 bridgehead atoms. The van der Waals surface area contributed by atoms with Gasteiger partial charge in [0.25, 0.3) is 0 Å². The van der Waals surface area contributed by atoms with Crippen LogP contribution in [0, 0.1) is 5.41 Å². The van der Waals surface area contributed by atoms with Crippen LogP contribution in [-0.4, -0.2) is 37.0 Å². The number of rotatable bonds is 7. The van der Waals surface area contributed by atoms with E-state index in [1.807, 2.05) is 39.0 Å². The first kappa shape index (κ1) is 25.4. The van der Waals surface area contributed by atoms with Gasteiger partial charge in [0.1, 0.15) is 6.04 Å². The van der Waals surface area contributed by atoms with Crippen molar-refractivity contribution < 1.29 is 19.1 Å². The van der Waals surface area contributed by atoms with Crippen LogP contribution in [0.5, 0.6) is 0 Å². The number of fused-ring (bicyclic) bond motifs is 1. The Balaban J connectivity index is 1.80. The summed E-state index contributed by atoms with van der Waals surface area (Å²) in [6.07, 6.45) is 3.10. The Kier molecular flexibility index (Phi) is 8.10. The Labute approximate surface area is 201 Å². The largest absolute Gasteiger partial charge is 0.465 e. The number of hydrogen-bond donors (Lipinski definition) is 3. The highest BCUT2D eigenvalue weighted by Crippen LogP contribution is 2.29.